The van der Waals surface area contributed by atoms with Crippen molar-refractivity contribution in [2.75, 3.05) is 7.11 Å². The second-order valence-corrected chi connectivity index (χ2v) is 5.28. The zero-order chi connectivity index (χ0) is 15.2. The quantitative estimate of drug-likeness (QED) is 0.748. The fourth-order valence-corrected chi connectivity index (χ4v) is 2.55. The minimum atomic E-state index is 0.228. The predicted octanol–water partition coefficient (Wildman–Crippen LogP) is 4.04. The molecule has 0 saturated heterocycles. The average molecular weight is 368 g/mol. The first-order valence-electron chi connectivity index (χ1n) is 6.08. The summed E-state index contributed by atoms with van der Waals surface area (Å²) in [5.74, 6) is 1.54. The van der Waals surface area contributed by atoms with Crippen molar-refractivity contribution in [2.45, 2.75) is 12.5 Å². The van der Waals surface area contributed by atoms with Crippen molar-refractivity contribution in [3.63, 3.8) is 0 Å². The van der Waals surface area contributed by atoms with Crippen LogP contribution in [-0.4, -0.2) is 12.1 Å². The topological polar surface area (TPSA) is 55.1 Å². The van der Waals surface area contributed by atoms with Crippen LogP contribution in [0.15, 0.2) is 34.9 Å². The lowest BCUT2D eigenvalue weighted by Gasteiger charge is -2.14. The van der Waals surface area contributed by atoms with Crippen molar-refractivity contribution < 1.29 is 9.47 Å². The second kappa shape index (κ2) is 7.30. The molecule has 0 bridgehead atoms. The molecule has 0 amide bonds. The molecule has 0 radical (unpaired) electrons. The van der Waals surface area contributed by atoms with E-state index in [9.17, 15) is 0 Å². The molecule has 0 spiro atoms. The fraction of sp³-hybridized carbons (Fsp3) is 0.200. The van der Waals surface area contributed by atoms with Crippen molar-refractivity contribution in [2.24, 2.45) is 0 Å². The Morgan fingerprint density at radius 2 is 2.24 bits per heavy atom. The normalized spacial score (nSPS) is 10.0. The molecule has 2 aromatic rings. The summed E-state index contributed by atoms with van der Waals surface area (Å²) in [5.41, 5.74) is 1.99. The van der Waals surface area contributed by atoms with Crippen LogP contribution in [0, 0.1) is 11.3 Å². The molecule has 1 aromatic heterocycles. The summed E-state index contributed by atoms with van der Waals surface area (Å²) in [6.45, 7) is 0.228. The van der Waals surface area contributed by atoms with Crippen LogP contribution >= 0.6 is 27.5 Å². The summed E-state index contributed by atoms with van der Waals surface area (Å²) in [7, 11) is 1.57. The van der Waals surface area contributed by atoms with E-state index in [4.69, 9.17) is 26.3 Å². The molecule has 2 rings (SSSR count). The molecule has 0 unspecified atom stereocenters. The number of methoxy groups -OCH3 is 1. The molecule has 0 fully saturated rings. The van der Waals surface area contributed by atoms with Gasteiger partial charge in [0.05, 0.1) is 11.6 Å². The SMILES string of the molecule is COc1cc(CCl)cc(Br)c1OCc1cccnc1C#N. The van der Waals surface area contributed by atoms with Crippen LogP contribution in [-0.2, 0) is 12.5 Å². The smallest absolute Gasteiger partial charge is 0.175 e. The Hall–Kier alpha value is -1.77. The molecular weight excluding hydrogens is 356 g/mol. The molecule has 0 saturated carbocycles. The van der Waals surface area contributed by atoms with Crippen LogP contribution in [0.3, 0.4) is 0 Å². The molecule has 108 valence electrons. The number of nitrogens with zero attached hydrogens (tertiary/aromatic N) is 2. The second-order valence-electron chi connectivity index (χ2n) is 4.15. The average Bonchev–Trinajstić information content (AvgIpc) is 2.53. The molecule has 4 nitrogen and oxygen atoms in total. The Bertz CT molecular complexity index is 686. The van der Waals surface area contributed by atoms with Crippen molar-refractivity contribution in [3.05, 3.63) is 51.8 Å². The molecule has 0 atom stereocenters. The van der Waals surface area contributed by atoms with Gasteiger partial charge in [-0.25, -0.2) is 4.98 Å². The van der Waals surface area contributed by atoms with Crippen LogP contribution in [0.1, 0.15) is 16.8 Å². The number of aromatic nitrogens is 1. The lowest BCUT2D eigenvalue weighted by Crippen LogP contribution is -2.02. The van der Waals surface area contributed by atoms with Gasteiger partial charge in [-0.1, -0.05) is 6.07 Å². The summed E-state index contributed by atoms with van der Waals surface area (Å²) < 4.78 is 11.9. The summed E-state index contributed by atoms with van der Waals surface area (Å²) in [6, 6.07) is 9.31. The number of benzene rings is 1. The highest BCUT2D eigenvalue weighted by molar-refractivity contribution is 9.10. The molecule has 0 N–H and O–H groups in total. The zero-order valence-corrected chi connectivity index (χ0v) is 13.6. The first kappa shape index (κ1) is 15.6. The Balaban J connectivity index is 2.26. The van der Waals surface area contributed by atoms with Crippen LogP contribution in [0.25, 0.3) is 0 Å². The molecule has 1 aromatic carbocycles. The van der Waals surface area contributed by atoms with E-state index in [0.29, 0.717) is 23.1 Å². The molecular formula is C15H12BrClN2O2. The number of rotatable bonds is 5. The number of hydrogen-bond donors (Lipinski definition) is 0. The molecule has 0 aliphatic carbocycles. The molecule has 21 heavy (non-hydrogen) atoms. The fourth-order valence-electron chi connectivity index (χ4n) is 1.80. The largest absolute Gasteiger partial charge is 0.493 e. The highest BCUT2D eigenvalue weighted by atomic mass is 79.9. The third kappa shape index (κ3) is 3.66. The van der Waals surface area contributed by atoms with E-state index in [1.807, 2.05) is 18.2 Å². The van der Waals surface area contributed by atoms with Gasteiger partial charge in [0.2, 0.25) is 0 Å². The maximum atomic E-state index is 9.02. The van der Waals surface area contributed by atoms with Crippen LogP contribution in [0.2, 0.25) is 0 Å². The van der Waals surface area contributed by atoms with E-state index in [0.717, 1.165) is 15.6 Å². The Labute approximate surface area is 136 Å². The number of ether oxygens (including phenoxy) is 2. The highest BCUT2D eigenvalue weighted by Crippen LogP contribution is 2.37. The minimum Gasteiger partial charge on any atom is -0.493 e. The highest BCUT2D eigenvalue weighted by Gasteiger charge is 2.13. The predicted molar refractivity (Wildman–Crippen MR) is 83.5 cm³/mol. The lowest BCUT2D eigenvalue weighted by molar-refractivity contribution is 0.282. The standard InChI is InChI=1S/C15H12BrClN2O2/c1-20-14-6-10(7-17)5-12(16)15(14)21-9-11-3-2-4-19-13(11)8-18/h2-6H,7,9H2,1H3. The summed E-state index contributed by atoms with van der Waals surface area (Å²) in [4.78, 5) is 4.00. The summed E-state index contributed by atoms with van der Waals surface area (Å²) >= 11 is 9.28. The van der Waals surface area contributed by atoms with Crippen molar-refractivity contribution in [1.82, 2.24) is 4.98 Å². The number of alkyl halides is 1. The van der Waals surface area contributed by atoms with Gasteiger partial charge in [0.1, 0.15) is 18.4 Å². The van der Waals surface area contributed by atoms with Crippen LogP contribution in [0.4, 0.5) is 0 Å². The van der Waals surface area contributed by atoms with E-state index in [2.05, 4.69) is 20.9 Å². The van der Waals surface area contributed by atoms with Gasteiger partial charge in [0, 0.05) is 17.6 Å². The van der Waals surface area contributed by atoms with Crippen LogP contribution in [0.5, 0.6) is 11.5 Å². The van der Waals surface area contributed by atoms with Gasteiger partial charge in [-0.2, -0.15) is 5.26 Å². The first-order chi connectivity index (χ1) is 10.2. The van der Waals surface area contributed by atoms with E-state index in [1.165, 1.54) is 0 Å². The van der Waals surface area contributed by atoms with E-state index in [-0.39, 0.29) is 6.61 Å². The molecule has 1 heterocycles. The lowest BCUT2D eigenvalue weighted by atomic mass is 10.2. The third-order valence-corrected chi connectivity index (χ3v) is 3.71. The van der Waals surface area contributed by atoms with Gasteiger partial charge in [0.25, 0.3) is 0 Å². The van der Waals surface area contributed by atoms with Gasteiger partial charge in [-0.3, -0.25) is 0 Å². The van der Waals surface area contributed by atoms with E-state index >= 15 is 0 Å². The maximum Gasteiger partial charge on any atom is 0.175 e. The number of nitriles is 1. The van der Waals surface area contributed by atoms with E-state index in [1.54, 1.807) is 25.4 Å². The third-order valence-electron chi connectivity index (χ3n) is 2.81. The molecule has 0 aliphatic rings. The van der Waals surface area contributed by atoms with Crippen molar-refractivity contribution in [1.29, 1.82) is 5.26 Å². The number of hydrogen-bond acceptors (Lipinski definition) is 4. The van der Waals surface area contributed by atoms with E-state index < -0.39 is 0 Å². The molecule has 0 aliphatic heterocycles. The van der Waals surface area contributed by atoms with Gasteiger partial charge in [-0.05, 0) is 39.7 Å². The van der Waals surface area contributed by atoms with Gasteiger partial charge in [-0.15, -0.1) is 11.6 Å². The Kier molecular flexibility index (Phi) is 5.43. The van der Waals surface area contributed by atoms with Gasteiger partial charge in [0.15, 0.2) is 11.5 Å². The molecule has 6 heteroatoms. The summed E-state index contributed by atoms with van der Waals surface area (Å²) in [5, 5.41) is 9.02. The summed E-state index contributed by atoms with van der Waals surface area (Å²) in [6.07, 6.45) is 1.58. The van der Waals surface area contributed by atoms with Crippen molar-refractivity contribution >= 4 is 27.5 Å². The minimum absolute atomic E-state index is 0.228. The zero-order valence-electron chi connectivity index (χ0n) is 11.3. The Morgan fingerprint density at radius 3 is 2.90 bits per heavy atom. The number of pyridine rings is 1. The van der Waals surface area contributed by atoms with Crippen LogP contribution < -0.4 is 9.47 Å². The van der Waals surface area contributed by atoms with Gasteiger partial charge >= 0.3 is 0 Å². The Morgan fingerprint density at radius 1 is 1.43 bits per heavy atom. The monoisotopic (exact) mass is 366 g/mol. The maximum absolute atomic E-state index is 9.02. The van der Waals surface area contributed by atoms with Crippen molar-refractivity contribution in [3.8, 4) is 17.6 Å². The first-order valence-corrected chi connectivity index (χ1v) is 7.41. The van der Waals surface area contributed by atoms with Gasteiger partial charge < -0.3 is 9.47 Å². The number of halogens is 2.